The minimum Gasteiger partial charge on any atom is -0.473 e. The Morgan fingerprint density at radius 1 is 1.40 bits per heavy atom. The molecular weight excluding hydrogens is 342 g/mol. The minimum atomic E-state index is -0.330. The van der Waals surface area contributed by atoms with E-state index in [1.54, 1.807) is 7.11 Å². The van der Waals surface area contributed by atoms with Crippen LogP contribution in [0.4, 0.5) is 5.82 Å². The van der Waals surface area contributed by atoms with Crippen molar-refractivity contribution in [3.8, 4) is 16.5 Å². The van der Waals surface area contributed by atoms with Gasteiger partial charge in [0.05, 0.1) is 30.9 Å². The highest BCUT2D eigenvalue weighted by molar-refractivity contribution is 7.11. The van der Waals surface area contributed by atoms with Crippen LogP contribution in [0.3, 0.4) is 0 Å². The summed E-state index contributed by atoms with van der Waals surface area (Å²) in [4.78, 5) is 12.9. The maximum Gasteiger partial charge on any atom is 0.273 e. The average Bonchev–Trinajstić information content (AvgIpc) is 3.24. The van der Waals surface area contributed by atoms with Gasteiger partial charge in [-0.05, 0) is 13.3 Å². The number of nitrogens with zero attached hydrogens (tertiary/aromatic N) is 4. The summed E-state index contributed by atoms with van der Waals surface area (Å²) in [5.41, 5.74) is 8.33. The normalized spacial score (nSPS) is 13.9. The number of aliphatic hydroxyl groups excluding tert-OH is 1. The largest absolute Gasteiger partial charge is 0.473 e. The summed E-state index contributed by atoms with van der Waals surface area (Å²) in [5, 5.41) is 12.6. The third-order valence-corrected chi connectivity index (χ3v) is 4.81. The SMILES string of the molecule is CC[C@@H](CO)O[C@H](C)n1cc(-c2csc(OC)n2)c2c(N)ncnc21. The molecule has 3 aromatic heterocycles. The summed E-state index contributed by atoms with van der Waals surface area (Å²) in [7, 11) is 1.58. The van der Waals surface area contributed by atoms with Crippen LogP contribution >= 0.6 is 11.3 Å². The predicted molar refractivity (Wildman–Crippen MR) is 96.6 cm³/mol. The smallest absolute Gasteiger partial charge is 0.273 e. The molecule has 0 aliphatic rings. The summed E-state index contributed by atoms with van der Waals surface area (Å²) in [6, 6.07) is 0. The Bertz CT molecular complexity index is 859. The number of ether oxygens (including phenoxy) is 2. The van der Waals surface area contributed by atoms with Crippen molar-refractivity contribution >= 4 is 28.2 Å². The van der Waals surface area contributed by atoms with Gasteiger partial charge in [0.2, 0.25) is 0 Å². The van der Waals surface area contributed by atoms with E-state index >= 15 is 0 Å². The van der Waals surface area contributed by atoms with E-state index in [9.17, 15) is 5.11 Å². The lowest BCUT2D eigenvalue weighted by Gasteiger charge is -2.21. The van der Waals surface area contributed by atoms with Crippen LogP contribution in [0.1, 0.15) is 26.5 Å². The van der Waals surface area contributed by atoms with Gasteiger partial charge in [0, 0.05) is 17.1 Å². The van der Waals surface area contributed by atoms with Crippen LogP contribution in [0.25, 0.3) is 22.3 Å². The molecule has 0 amide bonds. The van der Waals surface area contributed by atoms with E-state index in [1.165, 1.54) is 17.7 Å². The van der Waals surface area contributed by atoms with Gasteiger partial charge in [-0.25, -0.2) is 15.0 Å². The van der Waals surface area contributed by atoms with Crippen molar-refractivity contribution in [3.05, 3.63) is 17.9 Å². The molecule has 0 radical (unpaired) electrons. The summed E-state index contributed by atoms with van der Waals surface area (Å²) in [6.45, 7) is 3.84. The van der Waals surface area contributed by atoms with Crippen LogP contribution in [0.5, 0.6) is 5.19 Å². The van der Waals surface area contributed by atoms with Crippen molar-refractivity contribution in [2.24, 2.45) is 0 Å². The van der Waals surface area contributed by atoms with E-state index in [-0.39, 0.29) is 18.9 Å². The Kier molecular flexibility index (Phi) is 5.16. The minimum absolute atomic E-state index is 0.0344. The zero-order valence-electron chi connectivity index (χ0n) is 14.3. The quantitative estimate of drug-likeness (QED) is 0.663. The Balaban J connectivity index is 2.09. The molecule has 9 heteroatoms. The molecule has 3 heterocycles. The van der Waals surface area contributed by atoms with E-state index < -0.39 is 0 Å². The fourth-order valence-electron chi connectivity index (χ4n) is 2.67. The van der Waals surface area contributed by atoms with Crippen LogP contribution in [0.2, 0.25) is 0 Å². The summed E-state index contributed by atoms with van der Waals surface area (Å²) >= 11 is 1.41. The number of thiazole rings is 1. The van der Waals surface area contributed by atoms with Crippen molar-refractivity contribution in [2.75, 3.05) is 19.5 Å². The predicted octanol–water partition coefficient (Wildman–Crippen LogP) is 2.45. The molecule has 0 saturated heterocycles. The number of aliphatic hydroxyl groups is 1. The number of aromatic nitrogens is 4. The maximum absolute atomic E-state index is 9.39. The van der Waals surface area contributed by atoms with Crippen LogP contribution in [0, 0.1) is 0 Å². The fraction of sp³-hybridized carbons (Fsp3) is 0.438. The Morgan fingerprint density at radius 2 is 2.20 bits per heavy atom. The first-order valence-electron chi connectivity index (χ1n) is 7.96. The number of hydrogen-bond donors (Lipinski definition) is 2. The standard InChI is InChI=1S/C16H21N5O3S/c1-4-10(6-22)24-9(2)21-5-11(12-7-25-16(20-12)23-3)13-14(17)18-8-19-15(13)21/h5,7-10,22H,4,6H2,1-3H3,(H2,17,18,19)/t9-,10+/m1/s1. The van der Waals surface area contributed by atoms with Crippen LogP contribution in [0.15, 0.2) is 17.9 Å². The van der Waals surface area contributed by atoms with Gasteiger partial charge in [-0.3, -0.25) is 0 Å². The van der Waals surface area contributed by atoms with Gasteiger partial charge in [0.25, 0.3) is 5.19 Å². The molecule has 0 aliphatic carbocycles. The molecule has 0 spiro atoms. The number of nitrogens with two attached hydrogens (primary N) is 1. The summed E-state index contributed by atoms with van der Waals surface area (Å²) < 4.78 is 13.0. The number of hydrogen-bond acceptors (Lipinski definition) is 8. The fourth-order valence-corrected chi connectivity index (χ4v) is 3.31. The Labute approximate surface area is 149 Å². The number of anilines is 1. The number of nitrogen functional groups attached to an aromatic ring is 1. The molecule has 2 atom stereocenters. The molecule has 25 heavy (non-hydrogen) atoms. The lowest BCUT2D eigenvalue weighted by Crippen LogP contribution is -2.21. The molecule has 0 saturated carbocycles. The van der Waals surface area contributed by atoms with Crippen molar-refractivity contribution in [1.82, 2.24) is 19.5 Å². The summed E-state index contributed by atoms with van der Waals surface area (Å²) in [5.74, 6) is 0.382. The van der Waals surface area contributed by atoms with Crippen molar-refractivity contribution in [3.63, 3.8) is 0 Å². The van der Waals surface area contributed by atoms with Crippen molar-refractivity contribution in [2.45, 2.75) is 32.6 Å². The monoisotopic (exact) mass is 363 g/mol. The lowest BCUT2D eigenvalue weighted by molar-refractivity contribution is -0.0644. The van der Waals surface area contributed by atoms with Crippen LogP contribution in [-0.2, 0) is 4.74 Å². The van der Waals surface area contributed by atoms with Crippen molar-refractivity contribution < 1.29 is 14.6 Å². The van der Waals surface area contributed by atoms with E-state index in [2.05, 4.69) is 15.0 Å². The highest BCUT2D eigenvalue weighted by Gasteiger charge is 2.21. The van der Waals surface area contributed by atoms with Gasteiger partial charge in [0.1, 0.15) is 24.0 Å². The summed E-state index contributed by atoms with van der Waals surface area (Å²) in [6.07, 6.45) is 3.47. The molecule has 0 aliphatic heterocycles. The molecule has 0 bridgehead atoms. The van der Waals surface area contributed by atoms with Crippen LogP contribution < -0.4 is 10.5 Å². The molecule has 134 valence electrons. The molecular formula is C16H21N5O3S. The zero-order valence-corrected chi connectivity index (χ0v) is 15.2. The van der Waals surface area contributed by atoms with E-state index in [0.717, 1.165) is 16.6 Å². The van der Waals surface area contributed by atoms with Gasteiger partial charge < -0.3 is 24.9 Å². The zero-order chi connectivity index (χ0) is 18.0. The molecule has 3 rings (SSSR count). The first-order valence-corrected chi connectivity index (χ1v) is 8.84. The van der Waals surface area contributed by atoms with Crippen LogP contribution in [-0.4, -0.2) is 44.4 Å². The molecule has 0 fully saturated rings. The van der Waals surface area contributed by atoms with Gasteiger partial charge in [-0.2, -0.15) is 0 Å². The molecule has 0 aromatic carbocycles. The molecule has 3 N–H and O–H groups in total. The number of rotatable bonds is 7. The number of methoxy groups -OCH3 is 1. The van der Waals surface area contributed by atoms with Gasteiger partial charge in [-0.15, -0.1) is 0 Å². The average molecular weight is 363 g/mol. The molecule has 8 nitrogen and oxygen atoms in total. The van der Waals surface area contributed by atoms with Gasteiger partial charge in [-0.1, -0.05) is 18.3 Å². The lowest BCUT2D eigenvalue weighted by atomic mass is 10.2. The molecule has 0 unspecified atom stereocenters. The second-order valence-electron chi connectivity index (χ2n) is 5.56. The highest BCUT2D eigenvalue weighted by Crippen LogP contribution is 2.36. The van der Waals surface area contributed by atoms with E-state index in [0.29, 0.717) is 23.1 Å². The maximum atomic E-state index is 9.39. The first-order chi connectivity index (χ1) is 12.1. The van der Waals surface area contributed by atoms with E-state index in [4.69, 9.17) is 15.2 Å². The van der Waals surface area contributed by atoms with Gasteiger partial charge in [0.15, 0.2) is 0 Å². The molecule has 3 aromatic rings. The Hall–Kier alpha value is -2.23. The second-order valence-corrected chi connectivity index (χ2v) is 6.38. The van der Waals surface area contributed by atoms with Gasteiger partial charge >= 0.3 is 0 Å². The topological polar surface area (TPSA) is 108 Å². The third-order valence-electron chi connectivity index (χ3n) is 4.01. The Morgan fingerprint density at radius 3 is 2.84 bits per heavy atom. The number of fused-ring (bicyclic) bond motifs is 1. The first kappa shape index (κ1) is 17.6. The third kappa shape index (κ3) is 3.30. The van der Waals surface area contributed by atoms with Crippen molar-refractivity contribution in [1.29, 1.82) is 0 Å². The second kappa shape index (κ2) is 7.34. The highest BCUT2D eigenvalue weighted by atomic mass is 32.1. The van der Waals surface area contributed by atoms with E-state index in [1.807, 2.05) is 30.0 Å².